The van der Waals surface area contributed by atoms with Crippen LogP contribution in [0.5, 0.6) is 5.75 Å². The minimum Gasteiger partial charge on any atom is -0.489 e. The predicted octanol–water partition coefficient (Wildman–Crippen LogP) is 3.91. The molecular weight excluding hydrogens is 370 g/mol. The van der Waals surface area contributed by atoms with Crippen molar-refractivity contribution in [3.05, 3.63) is 54.2 Å². The molecule has 1 aliphatic carbocycles. The van der Waals surface area contributed by atoms with Crippen molar-refractivity contribution in [2.45, 2.75) is 38.7 Å². The molecule has 1 heterocycles. The standard InChI is InChI=1S/C22H27N3O4/c26-20(14-24-22(27)29-16-18-10-5-2-6-11-18)25-21-19(12-7-13-23-21)28-15-17-8-3-1-4-9-17/h2,5-7,10-13,17H,1,3-4,8-9,14-16H2,(H,24,27)(H,23,25,26). The van der Waals surface area contributed by atoms with Crippen LogP contribution in [0.15, 0.2) is 48.7 Å². The molecule has 2 aromatic rings. The Morgan fingerprint density at radius 2 is 1.83 bits per heavy atom. The number of pyridine rings is 1. The van der Waals surface area contributed by atoms with Gasteiger partial charge in [0.15, 0.2) is 11.6 Å². The summed E-state index contributed by atoms with van der Waals surface area (Å²) in [7, 11) is 0. The fourth-order valence-corrected chi connectivity index (χ4v) is 3.27. The summed E-state index contributed by atoms with van der Waals surface area (Å²) in [5, 5.41) is 5.12. The third-order valence-corrected chi connectivity index (χ3v) is 4.83. The first kappa shape index (κ1) is 20.6. The SMILES string of the molecule is O=C(CNC(=O)OCc1ccccc1)Nc1ncccc1OCC1CCCCC1. The van der Waals surface area contributed by atoms with Gasteiger partial charge < -0.3 is 20.1 Å². The van der Waals surface area contributed by atoms with Crippen molar-refractivity contribution >= 4 is 17.8 Å². The van der Waals surface area contributed by atoms with Gasteiger partial charge in [-0.05, 0) is 36.5 Å². The number of amides is 2. The molecule has 154 valence electrons. The number of rotatable bonds is 8. The normalized spacial score (nSPS) is 14.1. The largest absolute Gasteiger partial charge is 0.489 e. The number of aromatic nitrogens is 1. The monoisotopic (exact) mass is 397 g/mol. The Labute approximate surface area is 170 Å². The molecule has 3 rings (SSSR count). The first-order chi connectivity index (χ1) is 14.2. The van der Waals surface area contributed by atoms with Gasteiger partial charge >= 0.3 is 6.09 Å². The molecule has 0 spiro atoms. The highest BCUT2D eigenvalue weighted by Crippen LogP contribution is 2.26. The predicted molar refractivity (Wildman–Crippen MR) is 110 cm³/mol. The van der Waals surface area contributed by atoms with Gasteiger partial charge in [-0.15, -0.1) is 0 Å². The second kappa shape index (κ2) is 11.0. The average Bonchev–Trinajstić information content (AvgIpc) is 2.77. The van der Waals surface area contributed by atoms with Crippen molar-refractivity contribution in [3.8, 4) is 5.75 Å². The number of alkyl carbamates (subject to hydrolysis) is 1. The summed E-state index contributed by atoms with van der Waals surface area (Å²) in [6.07, 6.45) is 7.08. The zero-order chi connectivity index (χ0) is 20.3. The lowest BCUT2D eigenvalue weighted by Crippen LogP contribution is -2.33. The van der Waals surface area contributed by atoms with Gasteiger partial charge in [-0.3, -0.25) is 4.79 Å². The van der Waals surface area contributed by atoms with E-state index in [1.807, 2.05) is 30.3 Å². The zero-order valence-corrected chi connectivity index (χ0v) is 16.4. The van der Waals surface area contributed by atoms with Gasteiger partial charge in [0.1, 0.15) is 13.2 Å². The Bertz CT molecular complexity index is 792. The summed E-state index contributed by atoms with van der Waals surface area (Å²) in [6, 6.07) is 12.9. The van der Waals surface area contributed by atoms with Gasteiger partial charge in [0.05, 0.1) is 6.61 Å². The van der Waals surface area contributed by atoms with Crippen LogP contribution >= 0.6 is 0 Å². The quantitative estimate of drug-likeness (QED) is 0.705. The Hall–Kier alpha value is -3.09. The number of carbonyl (C=O) groups excluding carboxylic acids is 2. The third-order valence-electron chi connectivity index (χ3n) is 4.83. The molecule has 2 amide bonds. The Balaban J connectivity index is 1.42. The molecule has 0 saturated heterocycles. The van der Waals surface area contributed by atoms with E-state index in [0.717, 1.165) is 5.56 Å². The summed E-state index contributed by atoms with van der Waals surface area (Å²) in [4.78, 5) is 28.1. The molecule has 1 fully saturated rings. The molecule has 1 aromatic heterocycles. The molecule has 1 saturated carbocycles. The number of ether oxygens (including phenoxy) is 2. The summed E-state index contributed by atoms with van der Waals surface area (Å²) in [5.41, 5.74) is 0.875. The van der Waals surface area contributed by atoms with E-state index in [1.165, 1.54) is 32.1 Å². The molecule has 0 bridgehead atoms. The number of hydrogen-bond acceptors (Lipinski definition) is 5. The first-order valence-electron chi connectivity index (χ1n) is 10.0. The van der Waals surface area contributed by atoms with Crippen molar-refractivity contribution in [2.24, 2.45) is 5.92 Å². The Morgan fingerprint density at radius 3 is 2.62 bits per heavy atom. The summed E-state index contributed by atoms with van der Waals surface area (Å²) >= 11 is 0. The molecule has 1 aliphatic rings. The molecule has 7 heteroatoms. The number of anilines is 1. The first-order valence-corrected chi connectivity index (χ1v) is 10.0. The van der Waals surface area contributed by atoms with E-state index in [0.29, 0.717) is 24.1 Å². The average molecular weight is 397 g/mol. The van der Waals surface area contributed by atoms with Crippen molar-refractivity contribution in [2.75, 3.05) is 18.5 Å². The van der Waals surface area contributed by atoms with E-state index in [1.54, 1.807) is 18.3 Å². The van der Waals surface area contributed by atoms with Crippen LogP contribution in [0.2, 0.25) is 0 Å². The Morgan fingerprint density at radius 1 is 1.03 bits per heavy atom. The summed E-state index contributed by atoms with van der Waals surface area (Å²) < 4.78 is 11.0. The molecule has 0 unspecified atom stereocenters. The third kappa shape index (κ3) is 7.10. The maximum atomic E-state index is 12.2. The second-order valence-corrected chi connectivity index (χ2v) is 7.13. The lowest BCUT2D eigenvalue weighted by atomic mass is 9.90. The maximum absolute atomic E-state index is 12.2. The van der Waals surface area contributed by atoms with Crippen LogP contribution in [0.25, 0.3) is 0 Å². The lowest BCUT2D eigenvalue weighted by Gasteiger charge is -2.22. The van der Waals surface area contributed by atoms with E-state index in [2.05, 4.69) is 15.6 Å². The van der Waals surface area contributed by atoms with Crippen LogP contribution in [0.4, 0.5) is 10.6 Å². The molecule has 7 nitrogen and oxygen atoms in total. The number of benzene rings is 1. The van der Waals surface area contributed by atoms with Crippen molar-refractivity contribution in [1.29, 1.82) is 0 Å². The molecule has 0 atom stereocenters. The molecule has 1 aromatic carbocycles. The van der Waals surface area contributed by atoms with Gasteiger partial charge in [-0.25, -0.2) is 9.78 Å². The van der Waals surface area contributed by atoms with Gasteiger partial charge in [0.2, 0.25) is 5.91 Å². The zero-order valence-electron chi connectivity index (χ0n) is 16.4. The molecule has 29 heavy (non-hydrogen) atoms. The second-order valence-electron chi connectivity index (χ2n) is 7.13. The molecular formula is C22H27N3O4. The number of nitrogens with one attached hydrogen (secondary N) is 2. The fourth-order valence-electron chi connectivity index (χ4n) is 3.27. The molecule has 0 aliphatic heterocycles. The highest BCUT2D eigenvalue weighted by atomic mass is 16.5. The Kier molecular flexibility index (Phi) is 7.86. The topological polar surface area (TPSA) is 89.6 Å². The maximum Gasteiger partial charge on any atom is 0.407 e. The number of carbonyl (C=O) groups is 2. The van der Waals surface area contributed by atoms with E-state index < -0.39 is 12.0 Å². The van der Waals surface area contributed by atoms with Crippen molar-refractivity contribution in [3.63, 3.8) is 0 Å². The van der Waals surface area contributed by atoms with Crippen molar-refractivity contribution in [1.82, 2.24) is 10.3 Å². The highest BCUT2D eigenvalue weighted by Gasteiger charge is 2.16. The van der Waals surface area contributed by atoms with Gasteiger partial charge in [-0.1, -0.05) is 49.6 Å². The highest BCUT2D eigenvalue weighted by molar-refractivity contribution is 5.94. The summed E-state index contributed by atoms with van der Waals surface area (Å²) in [6.45, 7) is 0.554. The van der Waals surface area contributed by atoms with Crippen molar-refractivity contribution < 1.29 is 19.1 Å². The number of hydrogen-bond donors (Lipinski definition) is 2. The smallest absolute Gasteiger partial charge is 0.407 e. The van der Waals surface area contributed by atoms with Crippen LogP contribution in [-0.4, -0.2) is 30.1 Å². The van der Waals surface area contributed by atoms with Gasteiger partial charge in [0, 0.05) is 6.20 Å². The van der Waals surface area contributed by atoms with E-state index >= 15 is 0 Å². The van der Waals surface area contributed by atoms with Gasteiger partial charge in [-0.2, -0.15) is 0 Å². The van der Waals surface area contributed by atoms with Gasteiger partial charge in [0.25, 0.3) is 0 Å². The molecule has 2 N–H and O–H groups in total. The van der Waals surface area contributed by atoms with E-state index in [9.17, 15) is 9.59 Å². The minimum atomic E-state index is -0.654. The summed E-state index contributed by atoms with van der Waals surface area (Å²) in [5.74, 6) is 1.04. The van der Waals surface area contributed by atoms with Crippen LogP contribution in [0, 0.1) is 5.92 Å². The lowest BCUT2D eigenvalue weighted by molar-refractivity contribution is -0.115. The number of nitrogens with zero attached hydrogens (tertiary/aromatic N) is 1. The van der Waals surface area contributed by atoms with Crippen LogP contribution < -0.4 is 15.4 Å². The minimum absolute atomic E-state index is 0.147. The van der Waals surface area contributed by atoms with E-state index in [-0.39, 0.29) is 13.2 Å². The van der Waals surface area contributed by atoms with Crippen LogP contribution in [0.1, 0.15) is 37.7 Å². The van der Waals surface area contributed by atoms with E-state index in [4.69, 9.17) is 9.47 Å². The van der Waals surface area contributed by atoms with Crippen LogP contribution in [0.3, 0.4) is 0 Å². The molecule has 0 radical (unpaired) electrons. The fraction of sp³-hybridized carbons (Fsp3) is 0.409. The van der Waals surface area contributed by atoms with Crippen LogP contribution in [-0.2, 0) is 16.1 Å².